The van der Waals surface area contributed by atoms with Crippen LogP contribution in [0.1, 0.15) is 52.0 Å². The van der Waals surface area contributed by atoms with Gasteiger partial charge in [0.15, 0.2) is 0 Å². The first kappa shape index (κ1) is 22.0. The highest BCUT2D eigenvalue weighted by Gasteiger charge is 2.25. The molecule has 0 N–H and O–H groups in total. The molecular formula is C26H35O2Si. The van der Waals surface area contributed by atoms with E-state index in [-0.39, 0.29) is 5.41 Å². The predicted octanol–water partition coefficient (Wildman–Crippen LogP) is 4.87. The Morgan fingerprint density at radius 3 is 2.14 bits per heavy atom. The summed E-state index contributed by atoms with van der Waals surface area (Å²) in [6.07, 6.45) is 6.89. The maximum absolute atomic E-state index is 6.64. The van der Waals surface area contributed by atoms with E-state index in [1.165, 1.54) is 28.8 Å². The lowest BCUT2D eigenvalue weighted by Crippen LogP contribution is -2.46. The summed E-state index contributed by atoms with van der Waals surface area (Å²) < 4.78 is 12.5. The summed E-state index contributed by atoms with van der Waals surface area (Å²) in [7, 11) is -1.23. The zero-order valence-corrected chi connectivity index (χ0v) is 19.2. The van der Waals surface area contributed by atoms with Crippen molar-refractivity contribution in [2.24, 2.45) is 5.92 Å². The van der Waals surface area contributed by atoms with Crippen LogP contribution < -0.4 is 10.4 Å². The maximum atomic E-state index is 6.64. The molecule has 3 rings (SSSR count). The molecule has 2 nitrogen and oxygen atoms in total. The van der Waals surface area contributed by atoms with Gasteiger partial charge < -0.3 is 9.16 Å². The fraction of sp³-hybridized carbons (Fsp3) is 0.462. The van der Waals surface area contributed by atoms with Gasteiger partial charge in [0.05, 0.1) is 12.7 Å². The van der Waals surface area contributed by atoms with Crippen LogP contribution in [0.2, 0.25) is 0 Å². The Morgan fingerprint density at radius 1 is 0.931 bits per heavy atom. The fourth-order valence-corrected chi connectivity index (χ4v) is 5.95. The standard InChI is InChI=1S/C26H35O2Si/c1-5-19-27-23-15-11-21(12-16-23)20-28-29(24-9-7-6-8-10-24)25-17-13-22(14-18-25)26(2,3)4/h5-10,13-14,17-18,21,23H,1,11-12,15-16,19-20H2,2-4H3. The van der Waals surface area contributed by atoms with Gasteiger partial charge in [-0.25, -0.2) is 0 Å². The number of benzene rings is 2. The molecule has 1 radical (unpaired) electrons. The van der Waals surface area contributed by atoms with E-state index >= 15 is 0 Å². The van der Waals surface area contributed by atoms with Gasteiger partial charge in [-0.15, -0.1) is 6.58 Å². The third-order valence-electron chi connectivity index (χ3n) is 5.76. The van der Waals surface area contributed by atoms with Crippen LogP contribution in [0.5, 0.6) is 0 Å². The quantitative estimate of drug-likeness (QED) is 0.459. The lowest BCUT2D eigenvalue weighted by atomic mass is 9.87. The lowest BCUT2D eigenvalue weighted by molar-refractivity contribution is 0.0283. The van der Waals surface area contributed by atoms with Gasteiger partial charge in [0, 0.05) is 6.61 Å². The fourth-order valence-electron chi connectivity index (χ4n) is 3.91. The van der Waals surface area contributed by atoms with Crippen LogP contribution >= 0.6 is 0 Å². The Balaban J connectivity index is 1.65. The van der Waals surface area contributed by atoms with Crippen molar-refractivity contribution in [3.05, 3.63) is 72.8 Å². The summed E-state index contributed by atoms with van der Waals surface area (Å²) >= 11 is 0. The molecule has 1 aliphatic carbocycles. The van der Waals surface area contributed by atoms with Crippen LogP contribution in [0.3, 0.4) is 0 Å². The zero-order chi connectivity index (χ0) is 20.7. The second kappa shape index (κ2) is 10.4. The number of hydrogen-bond acceptors (Lipinski definition) is 2. The molecule has 0 atom stereocenters. The summed E-state index contributed by atoms with van der Waals surface area (Å²) in [6.45, 7) is 12.0. The number of rotatable bonds is 8. The van der Waals surface area contributed by atoms with E-state index < -0.39 is 9.04 Å². The molecule has 1 fully saturated rings. The molecule has 1 saturated carbocycles. The van der Waals surface area contributed by atoms with E-state index in [1.807, 2.05) is 6.08 Å². The normalized spacial score (nSPS) is 20.0. The van der Waals surface area contributed by atoms with Gasteiger partial charge in [0.2, 0.25) is 0 Å². The van der Waals surface area contributed by atoms with E-state index in [9.17, 15) is 0 Å². The first-order valence-electron chi connectivity index (χ1n) is 10.9. The summed E-state index contributed by atoms with van der Waals surface area (Å²) in [5.41, 5.74) is 1.54. The molecule has 0 amide bonds. The van der Waals surface area contributed by atoms with Crippen molar-refractivity contribution >= 4 is 19.4 Å². The molecule has 2 aromatic carbocycles. The second-order valence-corrected chi connectivity index (χ2v) is 11.2. The third kappa shape index (κ3) is 6.40. The van der Waals surface area contributed by atoms with Crippen LogP contribution in [-0.2, 0) is 14.6 Å². The molecule has 0 spiro atoms. The molecule has 0 unspecified atom stereocenters. The van der Waals surface area contributed by atoms with Crippen LogP contribution in [0.4, 0.5) is 0 Å². The van der Waals surface area contributed by atoms with Crippen LogP contribution in [0, 0.1) is 5.92 Å². The van der Waals surface area contributed by atoms with E-state index in [2.05, 4.69) is 81.9 Å². The molecule has 3 heteroatoms. The average Bonchev–Trinajstić information content (AvgIpc) is 2.74. The van der Waals surface area contributed by atoms with Crippen LogP contribution in [-0.4, -0.2) is 28.4 Å². The van der Waals surface area contributed by atoms with Crippen molar-refractivity contribution in [1.29, 1.82) is 0 Å². The highest BCUT2D eigenvalue weighted by atomic mass is 28.3. The van der Waals surface area contributed by atoms with Crippen molar-refractivity contribution in [1.82, 2.24) is 0 Å². The van der Waals surface area contributed by atoms with E-state index in [0.717, 1.165) is 19.4 Å². The SMILES string of the molecule is C=CCOC1CCC(CO[Si](c2ccccc2)c2ccc(C(C)(C)C)cc2)CC1. The van der Waals surface area contributed by atoms with E-state index in [4.69, 9.17) is 9.16 Å². The first-order chi connectivity index (χ1) is 14.0. The Morgan fingerprint density at radius 2 is 1.55 bits per heavy atom. The van der Waals surface area contributed by atoms with Crippen molar-refractivity contribution < 1.29 is 9.16 Å². The minimum absolute atomic E-state index is 0.172. The van der Waals surface area contributed by atoms with E-state index in [1.54, 1.807) is 0 Å². The molecule has 1 aliphatic rings. The van der Waals surface area contributed by atoms with Gasteiger partial charge >= 0.3 is 0 Å². The van der Waals surface area contributed by atoms with E-state index in [0.29, 0.717) is 18.6 Å². The Kier molecular flexibility index (Phi) is 7.88. The van der Waals surface area contributed by atoms with Gasteiger partial charge in [-0.3, -0.25) is 0 Å². The predicted molar refractivity (Wildman–Crippen MR) is 124 cm³/mol. The maximum Gasteiger partial charge on any atom is 0.282 e. The van der Waals surface area contributed by atoms with Crippen molar-refractivity contribution in [3.8, 4) is 0 Å². The molecule has 0 aliphatic heterocycles. The largest absolute Gasteiger partial charge is 0.407 e. The zero-order valence-electron chi connectivity index (χ0n) is 18.2. The summed E-state index contributed by atoms with van der Waals surface area (Å²) in [5.74, 6) is 0.635. The van der Waals surface area contributed by atoms with Crippen LogP contribution in [0.25, 0.3) is 0 Å². The lowest BCUT2D eigenvalue weighted by Gasteiger charge is -2.29. The van der Waals surface area contributed by atoms with Crippen LogP contribution in [0.15, 0.2) is 67.3 Å². The highest BCUT2D eigenvalue weighted by Crippen LogP contribution is 2.26. The molecule has 0 aromatic heterocycles. The molecule has 29 heavy (non-hydrogen) atoms. The van der Waals surface area contributed by atoms with Gasteiger partial charge in [-0.1, -0.05) is 81.4 Å². The number of hydrogen-bond donors (Lipinski definition) is 0. The third-order valence-corrected chi connectivity index (χ3v) is 7.93. The molecule has 0 heterocycles. The van der Waals surface area contributed by atoms with Gasteiger partial charge in [0.1, 0.15) is 0 Å². The molecule has 2 aromatic rings. The minimum Gasteiger partial charge on any atom is -0.407 e. The van der Waals surface area contributed by atoms with Crippen molar-refractivity contribution in [3.63, 3.8) is 0 Å². The first-order valence-corrected chi connectivity index (χ1v) is 12.3. The van der Waals surface area contributed by atoms with Gasteiger partial charge in [-0.2, -0.15) is 0 Å². The monoisotopic (exact) mass is 407 g/mol. The average molecular weight is 408 g/mol. The molecule has 0 saturated heterocycles. The molecular weight excluding hydrogens is 372 g/mol. The smallest absolute Gasteiger partial charge is 0.282 e. The van der Waals surface area contributed by atoms with Gasteiger partial charge in [-0.05, 0) is 53.0 Å². The number of ether oxygens (including phenoxy) is 1. The minimum atomic E-state index is -1.23. The summed E-state index contributed by atoms with van der Waals surface area (Å²) in [4.78, 5) is 0. The van der Waals surface area contributed by atoms with Crippen molar-refractivity contribution in [2.75, 3.05) is 13.2 Å². The van der Waals surface area contributed by atoms with Crippen molar-refractivity contribution in [2.45, 2.75) is 58.0 Å². The topological polar surface area (TPSA) is 18.5 Å². The second-order valence-electron chi connectivity index (χ2n) is 9.10. The highest BCUT2D eigenvalue weighted by molar-refractivity contribution is 6.80. The Hall–Kier alpha value is -1.68. The Bertz CT molecular complexity index is 741. The van der Waals surface area contributed by atoms with Gasteiger partial charge in [0.25, 0.3) is 9.04 Å². The Labute approximate surface area is 178 Å². The molecule has 0 bridgehead atoms. The summed E-state index contributed by atoms with van der Waals surface area (Å²) in [6, 6.07) is 19.9. The molecule has 155 valence electrons. The summed E-state index contributed by atoms with van der Waals surface area (Å²) in [5, 5.41) is 2.65.